The lowest BCUT2D eigenvalue weighted by Gasteiger charge is -2.41. The number of likely N-dealkylation sites (tertiary alicyclic amines) is 1. The van der Waals surface area contributed by atoms with Crippen molar-refractivity contribution in [3.05, 3.63) is 34.1 Å². The number of rotatable bonds is 6. The standard InChI is InChI=1S/C22H29N3O3S/c26-19(12-17-6-11-29-14-17)25-8-1-7-22(15-25,13-16-2-3-16)21-23-20(28-24-21)18-4-9-27-10-5-18/h6,11,14,16,18H,1-5,7-10,12-13,15H2. The molecule has 0 N–H and O–H groups in total. The number of thiophene rings is 1. The van der Waals surface area contributed by atoms with Crippen LogP contribution in [0.4, 0.5) is 0 Å². The van der Waals surface area contributed by atoms with E-state index in [1.165, 1.54) is 12.8 Å². The van der Waals surface area contributed by atoms with Gasteiger partial charge in [-0.1, -0.05) is 18.0 Å². The first-order valence-electron chi connectivity index (χ1n) is 10.9. The van der Waals surface area contributed by atoms with Crippen LogP contribution in [0.5, 0.6) is 0 Å². The van der Waals surface area contributed by atoms with Crippen molar-refractivity contribution in [2.45, 2.75) is 62.7 Å². The Hall–Kier alpha value is -1.73. The van der Waals surface area contributed by atoms with Crippen LogP contribution in [0.3, 0.4) is 0 Å². The van der Waals surface area contributed by atoms with Crippen LogP contribution in [-0.4, -0.2) is 47.3 Å². The van der Waals surface area contributed by atoms with Gasteiger partial charge < -0.3 is 14.2 Å². The van der Waals surface area contributed by atoms with Crippen molar-refractivity contribution in [1.29, 1.82) is 0 Å². The van der Waals surface area contributed by atoms with Crippen molar-refractivity contribution in [2.24, 2.45) is 5.92 Å². The molecule has 2 aromatic heterocycles. The normalized spacial score (nSPS) is 26.0. The van der Waals surface area contributed by atoms with Crippen molar-refractivity contribution in [3.8, 4) is 0 Å². The number of hydrogen-bond acceptors (Lipinski definition) is 6. The highest BCUT2D eigenvalue weighted by Gasteiger charge is 2.46. The first kappa shape index (κ1) is 19.2. The van der Waals surface area contributed by atoms with Gasteiger partial charge in [-0.15, -0.1) is 0 Å². The van der Waals surface area contributed by atoms with Gasteiger partial charge in [0.05, 0.1) is 11.8 Å². The van der Waals surface area contributed by atoms with Crippen molar-refractivity contribution in [2.75, 3.05) is 26.3 Å². The Morgan fingerprint density at radius 1 is 1.28 bits per heavy atom. The smallest absolute Gasteiger partial charge is 0.229 e. The number of aromatic nitrogens is 2. The Kier molecular flexibility index (Phi) is 5.43. The zero-order valence-electron chi connectivity index (χ0n) is 16.8. The third-order valence-electron chi connectivity index (χ3n) is 6.73. The number of ether oxygens (including phenoxy) is 1. The first-order chi connectivity index (χ1) is 14.2. The Morgan fingerprint density at radius 3 is 2.90 bits per heavy atom. The fourth-order valence-corrected chi connectivity index (χ4v) is 5.57. The molecule has 0 aromatic carbocycles. The Labute approximate surface area is 175 Å². The van der Waals surface area contributed by atoms with Crippen molar-refractivity contribution in [3.63, 3.8) is 0 Å². The molecule has 2 saturated heterocycles. The molecule has 2 aromatic rings. The Bertz CT molecular complexity index is 826. The second-order valence-corrected chi connectivity index (χ2v) is 9.78. The summed E-state index contributed by atoms with van der Waals surface area (Å²) in [4.78, 5) is 20.0. The van der Waals surface area contributed by atoms with Crippen molar-refractivity contribution in [1.82, 2.24) is 15.0 Å². The van der Waals surface area contributed by atoms with Gasteiger partial charge in [0.1, 0.15) is 0 Å². The van der Waals surface area contributed by atoms with Gasteiger partial charge in [0.15, 0.2) is 5.82 Å². The summed E-state index contributed by atoms with van der Waals surface area (Å²) >= 11 is 1.65. The molecule has 3 fully saturated rings. The molecule has 7 heteroatoms. The molecule has 156 valence electrons. The van der Waals surface area contributed by atoms with Crippen LogP contribution in [0.1, 0.15) is 68.1 Å². The minimum absolute atomic E-state index is 0.156. The molecule has 1 saturated carbocycles. The molecule has 6 nitrogen and oxygen atoms in total. The van der Waals surface area contributed by atoms with E-state index in [0.717, 1.165) is 81.6 Å². The molecular weight excluding hydrogens is 386 g/mol. The van der Waals surface area contributed by atoms with Gasteiger partial charge in [-0.3, -0.25) is 4.79 Å². The summed E-state index contributed by atoms with van der Waals surface area (Å²) in [6.45, 7) is 3.08. The van der Waals surface area contributed by atoms with Gasteiger partial charge in [0.25, 0.3) is 0 Å². The molecule has 4 heterocycles. The summed E-state index contributed by atoms with van der Waals surface area (Å²) < 4.78 is 11.2. The highest BCUT2D eigenvalue weighted by Crippen LogP contribution is 2.46. The molecule has 0 bridgehead atoms. The zero-order chi connectivity index (χ0) is 19.7. The van der Waals surface area contributed by atoms with E-state index in [1.54, 1.807) is 11.3 Å². The molecule has 1 aliphatic carbocycles. The van der Waals surface area contributed by atoms with Crippen LogP contribution in [0.2, 0.25) is 0 Å². The van der Waals surface area contributed by atoms with Crippen molar-refractivity contribution < 1.29 is 14.1 Å². The molecule has 2 aliphatic heterocycles. The van der Waals surface area contributed by atoms with Gasteiger partial charge in [0, 0.05) is 32.2 Å². The van der Waals surface area contributed by atoms with E-state index in [4.69, 9.17) is 14.2 Å². The van der Waals surface area contributed by atoms with Gasteiger partial charge >= 0.3 is 0 Å². The predicted octanol–water partition coefficient (Wildman–Crippen LogP) is 3.93. The molecule has 1 amide bonds. The Balaban J connectivity index is 1.36. The monoisotopic (exact) mass is 415 g/mol. The molecule has 3 aliphatic rings. The summed E-state index contributed by atoms with van der Waals surface area (Å²) in [5.74, 6) is 2.87. The highest BCUT2D eigenvalue weighted by atomic mass is 32.1. The molecule has 5 rings (SSSR count). The average molecular weight is 416 g/mol. The first-order valence-corrected chi connectivity index (χ1v) is 11.9. The van der Waals surface area contributed by atoms with E-state index in [1.807, 2.05) is 16.3 Å². The fraction of sp³-hybridized carbons (Fsp3) is 0.682. The van der Waals surface area contributed by atoms with Crippen molar-refractivity contribution >= 4 is 17.2 Å². The van der Waals surface area contributed by atoms with Crippen LogP contribution in [0, 0.1) is 5.92 Å². The van der Waals surface area contributed by atoms with Crippen LogP contribution in [0.25, 0.3) is 0 Å². The second kappa shape index (κ2) is 8.19. The van der Waals surface area contributed by atoms with E-state index in [-0.39, 0.29) is 11.3 Å². The summed E-state index contributed by atoms with van der Waals surface area (Å²) in [6.07, 6.45) is 8.07. The molecule has 1 atom stereocenters. The lowest BCUT2D eigenvalue weighted by Crippen LogP contribution is -2.49. The van der Waals surface area contributed by atoms with Gasteiger partial charge in [-0.2, -0.15) is 16.3 Å². The fourth-order valence-electron chi connectivity index (χ4n) is 4.90. The molecule has 0 spiro atoms. The van der Waals surface area contributed by atoms with Crippen LogP contribution < -0.4 is 0 Å². The van der Waals surface area contributed by atoms with Crippen LogP contribution in [0.15, 0.2) is 21.3 Å². The SMILES string of the molecule is O=C(Cc1ccsc1)N1CCCC(CC2CC2)(c2noc(C3CCOCC3)n2)C1. The zero-order valence-corrected chi connectivity index (χ0v) is 17.7. The van der Waals surface area contributed by atoms with Gasteiger partial charge in [-0.25, -0.2) is 0 Å². The topological polar surface area (TPSA) is 68.5 Å². The highest BCUT2D eigenvalue weighted by molar-refractivity contribution is 7.08. The summed E-state index contributed by atoms with van der Waals surface area (Å²) in [5.41, 5.74) is 0.955. The van der Waals surface area contributed by atoms with Crippen LogP contribution in [-0.2, 0) is 21.4 Å². The molecule has 1 unspecified atom stereocenters. The molecular formula is C22H29N3O3S. The van der Waals surface area contributed by atoms with E-state index >= 15 is 0 Å². The molecule has 0 radical (unpaired) electrons. The number of nitrogens with zero attached hydrogens (tertiary/aromatic N) is 3. The van der Waals surface area contributed by atoms with E-state index in [9.17, 15) is 4.79 Å². The average Bonchev–Trinajstić information content (AvgIpc) is 3.21. The number of amides is 1. The maximum absolute atomic E-state index is 13.0. The lowest BCUT2D eigenvalue weighted by molar-refractivity contribution is -0.133. The maximum atomic E-state index is 13.0. The summed E-state index contributed by atoms with van der Waals surface area (Å²) in [6, 6.07) is 2.04. The maximum Gasteiger partial charge on any atom is 0.229 e. The number of hydrogen-bond donors (Lipinski definition) is 0. The van der Waals surface area contributed by atoms with E-state index < -0.39 is 0 Å². The van der Waals surface area contributed by atoms with Gasteiger partial charge in [0.2, 0.25) is 11.8 Å². The number of piperidine rings is 1. The second-order valence-electron chi connectivity index (χ2n) is 9.00. The van der Waals surface area contributed by atoms with Crippen LogP contribution >= 0.6 is 11.3 Å². The quantitative estimate of drug-likeness (QED) is 0.715. The largest absolute Gasteiger partial charge is 0.381 e. The molecule has 29 heavy (non-hydrogen) atoms. The minimum Gasteiger partial charge on any atom is -0.381 e. The third-order valence-corrected chi connectivity index (χ3v) is 7.46. The van der Waals surface area contributed by atoms with E-state index in [2.05, 4.69) is 10.5 Å². The summed E-state index contributed by atoms with van der Waals surface area (Å²) in [5, 5.41) is 8.58. The Morgan fingerprint density at radius 2 is 2.14 bits per heavy atom. The third kappa shape index (κ3) is 4.26. The minimum atomic E-state index is -0.156. The lowest BCUT2D eigenvalue weighted by atomic mass is 9.74. The van der Waals surface area contributed by atoms with E-state index in [0.29, 0.717) is 12.3 Å². The number of carbonyl (C=O) groups is 1. The number of carbonyl (C=O) groups excluding carboxylic acids is 1. The summed E-state index contributed by atoms with van der Waals surface area (Å²) in [7, 11) is 0. The van der Waals surface area contributed by atoms with Gasteiger partial charge in [-0.05, 0) is 60.4 Å². The predicted molar refractivity (Wildman–Crippen MR) is 110 cm³/mol.